The van der Waals surface area contributed by atoms with E-state index in [1.54, 1.807) is 0 Å². The van der Waals surface area contributed by atoms with Crippen LogP contribution < -0.4 is 10.6 Å². The minimum absolute atomic E-state index is 0.575. The molecule has 1 aliphatic rings. The minimum Gasteiger partial charge on any atom is -0.369 e. The lowest BCUT2D eigenvalue weighted by Crippen LogP contribution is -2.52. The molecule has 3 heteroatoms. The molecule has 0 amide bonds. The van der Waals surface area contributed by atoms with Crippen molar-refractivity contribution in [3.05, 3.63) is 29.3 Å². The zero-order valence-corrected chi connectivity index (χ0v) is 13.9. The Morgan fingerprint density at radius 1 is 1.14 bits per heavy atom. The Balaban J connectivity index is 1.95. The molecule has 1 fully saturated rings. The number of piperazine rings is 1. The van der Waals surface area contributed by atoms with E-state index in [4.69, 9.17) is 5.73 Å². The maximum atomic E-state index is 5.98. The van der Waals surface area contributed by atoms with Crippen molar-refractivity contribution in [2.45, 2.75) is 46.1 Å². The van der Waals surface area contributed by atoms with Gasteiger partial charge in [0.25, 0.3) is 0 Å². The van der Waals surface area contributed by atoms with Crippen LogP contribution in [0.4, 0.5) is 5.69 Å². The summed E-state index contributed by atoms with van der Waals surface area (Å²) >= 11 is 0. The highest BCUT2D eigenvalue weighted by Crippen LogP contribution is 2.24. The van der Waals surface area contributed by atoms with Crippen molar-refractivity contribution in [1.82, 2.24) is 4.90 Å². The molecule has 1 unspecified atom stereocenters. The summed E-state index contributed by atoms with van der Waals surface area (Å²) < 4.78 is 0. The van der Waals surface area contributed by atoms with Crippen LogP contribution in [0.3, 0.4) is 0 Å². The molecule has 0 bridgehead atoms. The van der Waals surface area contributed by atoms with E-state index in [-0.39, 0.29) is 0 Å². The fourth-order valence-electron chi connectivity index (χ4n) is 3.30. The standard InChI is InChI=1S/C18H31N3/c1-4-5-8-17(14-19)20-10-12-21(13-11-20)18-9-6-7-15(2)16(18)3/h6-7,9,17H,4-5,8,10-14,19H2,1-3H3. The maximum Gasteiger partial charge on any atom is 0.0399 e. The predicted octanol–water partition coefficient (Wildman–Crippen LogP) is 2.94. The lowest BCUT2D eigenvalue weighted by Gasteiger charge is -2.40. The number of benzene rings is 1. The first-order valence-corrected chi connectivity index (χ1v) is 8.42. The number of hydrogen-bond acceptors (Lipinski definition) is 3. The van der Waals surface area contributed by atoms with Crippen molar-refractivity contribution in [2.75, 3.05) is 37.6 Å². The van der Waals surface area contributed by atoms with Crippen LogP contribution >= 0.6 is 0 Å². The van der Waals surface area contributed by atoms with Gasteiger partial charge in [-0.25, -0.2) is 0 Å². The molecule has 1 aromatic rings. The van der Waals surface area contributed by atoms with Crippen LogP contribution in [0.5, 0.6) is 0 Å². The van der Waals surface area contributed by atoms with Crippen LogP contribution in [-0.4, -0.2) is 43.7 Å². The van der Waals surface area contributed by atoms with E-state index in [2.05, 4.69) is 48.8 Å². The highest BCUT2D eigenvalue weighted by atomic mass is 15.3. The maximum absolute atomic E-state index is 5.98. The molecule has 1 atom stereocenters. The monoisotopic (exact) mass is 289 g/mol. The van der Waals surface area contributed by atoms with Gasteiger partial charge < -0.3 is 10.6 Å². The first-order valence-electron chi connectivity index (χ1n) is 8.42. The largest absolute Gasteiger partial charge is 0.369 e. The number of rotatable bonds is 6. The molecule has 1 saturated heterocycles. The molecule has 21 heavy (non-hydrogen) atoms. The second-order valence-corrected chi connectivity index (χ2v) is 6.27. The summed E-state index contributed by atoms with van der Waals surface area (Å²) in [5, 5.41) is 0. The molecule has 0 spiro atoms. The molecule has 1 aliphatic heterocycles. The van der Waals surface area contributed by atoms with Gasteiger partial charge in [-0.05, 0) is 37.5 Å². The van der Waals surface area contributed by atoms with Crippen LogP contribution in [0.25, 0.3) is 0 Å². The van der Waals surface area contributed by atoms with E-state index in [0.717, 1.165) is 32.7 Å². The fraction of sp³-hybridized carbons (Fsp3) is 0.667. The van der Waals surface area contributed by atoms with Crippen molar-refractivity contribution < 1.29 is 0 Å². The molecule has 0 radical (unpaired) electrons. The molecular formula is C18H31N3. The SMILES string of the molecule is CCCCC(CN)N1CCN(c2cccc(C)c2C)CC1. The Labute approximate surface area is 130 Å². The first kappa shape index (κ1) is 16.3. The van der Waals surface area contributed by atoms with Gasteiger partial charge in [-0.15, -0.1) is 0 Å². The Morgan fingerprint density at radius 2 is 1.86 bits per heavy atom. The van der Waals surface area contributed by atoms with Gasteiger partial charge in [-0.1, -0.05) is 31.9 Å². The van der Waals surface area contributed by atoms with E-state index in [9.17, 15) is 0 Å². The van der Waals surface area contributed by atoms with Crippen LogP contribution in [-0.2, 0) is 0 Å². The van der Waals surface area contributed by atoms with Gasteiger partial charge >= 0.3 is 0 Å². The molecule has 3 nitrogen and oxygen atoms in total. The summed E-state index contributed by atoms with van der Waals surface area (Å²) in [7, 11) is 0. The second-order valence-electron chi connectivity index (χ2n) is 6.27. The summed E-state index contributed by atoms with van der Waals surface area (Å²) in [4.78, 5) is 5.13. The van der Waals surface area contributed by atoms with Crippen molar-refractivity contribution in [2.24, 2.45) is 5.73 Å². The van der Waals surface area contributed by atoms with Crippen molar-refractivity contribution in [3.63, 3.8) is 0 Å². The van der Waals surface area contributed by atoms with Crippen LogP contribution in [0, 0.1) is 13.8 Å². The van der Waals surface area contributed by atoms with Crippen molar-refractivity contribution in [3.8, 4) is 0 Å². The third-order valence-corrected chi connectivity index (χ3v) is 4.91. The van der Waals surface area contributed by atoms with E-state index in [1.807, 2.05) is 0 Å². The summed E-state index contributed by atoms with van der Waals surface area (Å²) in [5.74, 6) is 0. The quantitative estimate of drug-likeness (QED) is 0.874. The van der Waals surface area contributed by atoms with Crippen LogP contribution in [0.1, 0.15) is 37.3 Å². The Bertz CT molecular complexity index is 436. The summed E-state index contributed by atoms with van der Waals surface area (Å²) in [6.45, 7) is 12.0. The number of nitrogens with zero attached hydrogens (tertiary/aromatic N) is 2. The Kier molecular flexibility index (Phi) is 6.07. The average molecular weight is 289 g/mol. The molecule has 118 valence electrons. The molecule has 0 aromatic heterocycles. The third kappa shape index (κ3) is 3.98. The van der Waals surface area contributed by atoms with Crippen LogP contribution in [0.15, 0.2) is 18.2 Å². The molecule has 2 N–H and O–H groups in total. The molecule has 0 aliphatic carbocycles. The first-order chi connectivity index (χ1) is 10.2. The highest BCUT2D eigenvalue weighted by Gasteiger charge is 2.23. The van der Waals surface area contributed by atoms with E-state index >= 15 is 0 Å². The topological polar surface area (TPSA) is 32.5 Å². The lowest BCUT2D eigenvalue weighted by molar-refractivity contribution is 0.178. The summed E-state index contributed by atoms with van der Waals surface area (Å²) in [5.41, 5.74) is 10.2. The van der Waals surface area contributed by atoms with Crippen molar-refractivity contribution in [1.29, 1.82) is 0 Å². The van der Waals surface area contributed by atoms with Gasteiger partial charge in [0, 0.05) is 44.5 Å². The van der Waals surface area contributed by atoms with Gasteiger partial charge in [0.15, 0.2) is 0 Å². The van der Waals surface area contributed by atoms with Gasteiger partial charge in [0.1, 0.15) is 0 Å². The fourth-order valence-corrected chi connectivity index (χ4v) is 3.30. The van der Waals surface area contributed by atoms with Gasteiger partial charge in [0.2, 0.25) is 0 Å². The number of nitrogens with two attached hydrogens (primary N) is 1. The van der Waals surface area contributed by atoms with Crippen LogP contribution in [0.2, 0.25) is 0 Å². The Morgan fingerprint density at radius 3 is 2.48 bits per heavy atom. The molecule has 0 saturated carbocycles. The summed E-state index contributed by atoms with van der Waals surface area (Å²) in [6, 6.07) is 7.21. The van der Waals surface area contributed by atoms with Gasteiger partial charge in [-0.3, -0.25) is 4.90 Å². The van der Waals surface area contributed by atoms with Crippen molar-refractivity contribution >= 4 is 5.69 Å². The lowest BCUT2D eigenvalue weighted by atomic mass is 10.1. The third-order valence-electron chi connectivity index (χ3n) is 4.91. The number of hydrogen-bond donors (Lipinski definition) is 1. The average Bonchev–Trinajstić information content (AvgIpc) is 2.51. The normalized spacial score (nSPS) is 18.0. The molecule has 1 aromatic carbocycles. The molecule has 2 rings (SSSR count). The van der Waals surface area contributed by atoms with Gasteiger partial charge in [-0.2, -0.15) is 0 Å². The molecular weight excluding hydrogens is 258 g/mol. The smallest absolute Gasteiger partial charge is 0.0399 e. The highest BCUT2D eigenvalue weighted by molar-refractivity contribution is 5.56. The van der Waals surface area contributed by atoms with E-state index < -0.39 is 0 Å². The van der Waals surface area contributed by atoms with Gasteiger partial charge in [0.05, 0.1) is 0 Å². The predicted molar refractivity (Wildman–Crippen MR) is 92.1 cm³/mol. The minimum atomic E-state index is 0.575. The van der Waals surface area contributed by atoms with E-state index in [1.165, 1.54) is 36.1 Å². The molecule has 1 heterocycles. The number of unbranched alkanes of at least 4 members (excludes halogenated alkanes) is 1. The number of anilines is 1. The zero-order chi connectivity index (χ0) is 15.2. The number of aryl methyl sites for hydroxylation is 1. The van der Waals surface area contributed by atoms with E-state index in [0.29, 0.717) is 6.04 Å². The Hall–Kier alpha value is -1.06. The second kappa shape index (κ2) is 7.81. The summed E-state index contributed by atoms with van der Waals surface area (Å²) in [6.07, 6.45) is 3.80. The zero-order valence-electron chi connectivity index (χ0n) is 13.9.